The third-order valence-corrected chi connectivity index (χ3v) is 7.69. The fourth-order valence-corrected chi connectivity index (χ4v) is 5.31. The van der Waals surface area contributed by atoms with Crippen LogP contribution in [0.4, 0.5) is 0 Å². The first kappa shape index (κ1) is 27.5. The van der Waals surface area contributed by atoms with Crippen molar-refractivity contribution in [1.29, 1.82) is 0 Å². The Kier molecular flexibility index (Phi) is 9.54. The first-order valence-corrected chi connectivity index (χ1v) is 13.6. The highest BCUT2D eigenvalue weighted by atomic mass is 35.5. The normalized spacial score (nSPS) is 22.0. The van der Waals surface area contributed by atoms with Crippen LogP contribution in [0.3, 0.4) is 0 Å². The van der Waals surface area contributed by atoms with Crippen molar-refractivity contribution in [1.82, 2.24) is 10.3 Å². The first-order chi connectivity index (χ1) is 17.9. The Bertz CT molecular complexity index is 1180. The highest BCUT2D eigenvalue weighted by Crippen LogP contribution is 2.31. The number of allylic oxidation sites excluding steroid dienone is 3. The lowest BCUT2D eigenvalue weighted by Gasteiger charge is -2.27. The van der Waals surface area contributed by atoms with Gasteiger partial charge in [-0.3, -0.25) is 4.90 Å². The van der Waals surface area contributed by atoms with E-state index < -0.39 is 0 Å². The molecule has 1 fully saturated rings. The van der Waals surface area contributed by atoms with Gasteiger partial charge >= 0.3 is 0 Å². The lowest BCUT2D eigenvalue weighted by atomic mass is 9.95. The van der Waals surface area contributed by atoms with Crippen LogP contribution in [0.2, 0.25) is 0 Å². The van der Waals surface area contributed by atoms with Gasteiger partial charge in [0, 0.05) is 42.0 Å². The summed E-state index contributed by atoms with van der Waals surface area (Å²) in [7, 11) is 0. The summed E-state index contributed by atoms with van der Waals surface area (Å²) in [5.41, 5.74) is 15.4. The maximum atomic E-state index is 6.44. The van der Waals surface area contributed by atoms with Crippen LogP contribution in [0, 0.1) is 6.92 Å². The van der Waals surface area contributed by atoms with E-state index in [2.05, 4.69) is 58.8 Å². The Balaban J connectivity index is 1.44. The Morgan fingerprint density at radius 3 is 2.78 bits per heavy atom. The number of aryl methyl sites for hydroxylation is 1. The number of nitrogens with zero attached hydrogens (tertiary/aromatic N) is 2. The van der Waals surface area contributed by atoms with E-state index in [-0.39, 0.29) is 12.1 Å². The number of nitrogens with two attached hydrogens (primary N) is 1. The largest absolute Gasteiger partial charge is 0.486 e. The molecule has 8 heteroatoms. The molecule has 1 aliphatic carbocycles. The van der Waals surface area contributed by atoms with E-state index in [9.17, 15) is 0 Å². The molecule has 0 aromatic heterocycles. The summed E-state index contributed by atoms with van der Waals surface area (Å²) >= 11 is 12.8. The maximum absolute atomic E-state index is 6.44. The van der Waals surface area contributed by atoms with Crippen molar-refractivity contribution in [2.45, 2.75) is 52.3 Å². The molecule has 0 saturated carbocycles. The fraction of sp³-hybridized carbons (Fsp3) is 0.414. The molecule has 2 aliphatic heterocycles. The predicted octanol–water partition coefficient (Wildman–Crippen LogP) is 5.73. The van der Waals surface area contributed by atoms with E-state index >= 15 is 0 Å². The molecule has 2 unspecified atom stereocenters. The summed E-state index contributed by atoms with van der Waals surface area (Å²) < 4.78 is 11.7. The van der Waals surface area contributed by atoms with E-state index in [0.29, 0.717) is 22.1 Å². The van der Waals surface area contributed by atoms with Crippen molar-refractivity contribution in [3.05, 3.63) is 86.3 Å². The Morgan fingerprint density at radius 2 is 2.08 bits per heavy atom. The molecular weight excluding hydrogens is 507 g/mol. The predicted molar refractivity (Wildman–Crippen MR) is 153 cm³/mol. The summed E-state index contributed by atoms with van der Waals surface area (Å²) in [6.07, 6.45) is 10.7. The van der Waals surface area contributed by atoms with Crippen molar-refractivity contribution in [3.8, 4) is 0 Å². The second kappa shape index (κ2) is 12.8. The molecule has 198 valence electrons. The minimum Gasteiger partial charge on any atom is -0.486 e. The second-order valence-electron chi connectivity index (χ2n) is 9.48. The maximum Gasteiger partial charge on any atom is 0.124 e. The highest BCUT2D eigenvalue weighted by molar-refractivity contribution is 6.35. The molecule has 0 amide bonds. The lowest BCUT2D eigenvalue weighted by Crippen LogP contribution is -2.35. The summed E-state index contributed by atoms with van der Waals surface area (Å²) in [4.78, 5) is 2.44. The molecule has 0 radical (unpaired) electrons. The zero-order valence-electron chi connectivity index (χ0n) is 21.8. The number of benzene rings is 1. The van der Waals surface area contributed by atoms with E-state index in [1.165, 1.54) is 17.3 Å². The number of fused-ring (bicyclic) bond motifs is 1. The van der Waals surface area contributed by atoms with Gasteiger partial charge in [0.05, 0.1) is 30.0 Å². The quantitative estimate of drug-likeness (QED) is 0.390. The minimum atomic E-state index is -0.344. The van der Waals surface area contributed by atoms with Gasteiger partial charge in [-0.2, -0.15) is 5.10 Å². The zero-order chi connectivity index (χ0) is 26.4. The summed E-state index contributed by atoms with van der Waals surface area (Å²) in [6, 6.07) is 6.77. The second-order valence-corrected chi connectivity index (χ2v) is 10.3. The Hall–Kier alpha value is -2.51. The average molecular weight is 544 g/mol. The molecule has 0 bridgehead atoms. The molecule has 2 heterocycles. The standard InChI is InChI=1S/C29H36Cl2N4O2/c1-4-25(30)29(26(31)17-32)20(3)37-23-8-10-28-24(16-23)27(33-34-28)9-6-21-5-7-22(19(2)15-21)18-35-11-13-36-14-12-35/h5-9,15-17,20,28,34H,4,10-14,18,32H2,1-3H3/b9-6+,26-17+,29-25+. The van der Waals surface area contributed by atoms with Crippen molar-refractivity contribution >= 4 is 35.0 Å². The SMILES string of the molecule is CC/C(Cl)=C(\C(Cl)=C/N)C(C)OC1=CCC2NN=C(/C=C/c3ccc(CN4CCOCC4)c(C)c3)C2=C1. The van der Waals surface area contributed by atoms with Gasteiger partial charge in [0.1, 0.15) is 11.9 Å². The molecular formula is C29H36Cl2N4O2. The highest BCUT2D eigenvalue weighted by Gasteiger charge is 2.27. The molecule has 6 nitrogen and oxygen atoms in total. The van der Waals surface area contributed by atoms with Gasteiger partial charge < -0.3 is 20.6 Å². The number of morpholine rings is 1. The van der Waals surface area contributed by atoms with Crippen LogP contribution >= 0.6 is 23.2 Å². The van der Waals surface area contributed by atoms with Crippen LogP contribution in [0.25, 0.3) is 6.08 Å². The smallest absolute Gasteiger partial charge is 0.124 e. The number of nitrogens with one attached hydrogen (secondary N) is 1. The molecule has 1 aromatic rings. The van der Waals surface area contributed by atoms with Crippen molar-refractivity contribution in [2.24, 2.45) is 10.8 Å². The minimum absolute atomic E-state index is 0.140. The number of halogens is 2. The van der Waals surface area contributed by atoms with Crippen LogP contribution in [-0.4, -0.2) is 49.1 Å². The topological polar surface area (TPSA) is 72.1 Å². The van der Waals surface area contributed by atoms with Crippen molar-refractivity contribution < 1.29 is 9.47 Å². The monoisotopic (exact) mass is 542 g/mol. The van der Waals surface area contributed by atoms with E-state index in [4.69, 9.17) is 38.4 Å². The van der Waals surface area contributed by atoms with Gasteiger partial charge in [-0.05, 0) is 61.6 Å². The lowest BCUT2D eigenvalue weighted by molar-refractivity contribution is 0.0341. The molecule has 0 spiro atoms. The van der Waals surface area contributed by atoms with Crippen LogP contribution in [-0.2, 0) is 16.0 Å². The van der Waals surface area contributed by atoms with Gasteiger partial charge in [-0.15, -0.1) is 0 Å². The summed E-state index contributed by atoms with van der Waals surface area (Å²) in [5, 5.41) is 5.61. The van der Waals surface area contributed by atoms with Gasteiger partial charge in [0.2, 0.25) is 0 Å². The van der Waals surface area contributed by atoms with Gasteiger partial charge in [0.25, 0.3) is 0 Å². The average Bonchev–Trinajstić information content (AvgIpc) is 3.31. The van der Waals surface area contributed by atoms with Crippen LogP contribution < -0.4 is 11.2 Å². The van der Waals surface area contributed by atoms with Gasteiger partial charge in [0.15, 0.2) is 0 Å². The number of hydrazone groups is 1. The van der Waals surface area contributed by atoms with E-state index in [1.807, 2.05) is 19.9 Å². The third kappa shape index (κ3) is 6.88. The van der Waals surface area contributed by atoms with E-state index in [0.717, 1.165) is 61.9 Å². The van der Waals surface area contributed by atoms with Gasteiger partial charge in [-0.25, -0.2) is 0 Å². The number of rotatable bonds is 9. The third-order valence-electron chi connectivity index (χ3n) is 6.89. The molecule has 1 aromatic carbocycles. The molecule has 37 heavy (non-hydrogen) atoms. The molecule has 3 aliphatic rings. The van der Waals surface area contributed by atoms with Crippen molar-refractivity contribution in [2.75, 3.05) is 26.3 Å². The molecule has 4 rings (SSSR count). The van der Waals surface area contributed by atoms with Crippen LogP contribution in [0.15, 0.2) is 74.7 Å². The summed E-state index contributed by atoms with van der Waals surface area (Å²) in [5.74, 6) is 0.770. The number of ether oxygens (including phenoxy) is 2. The first-order valence-electron chi connectivity index (χ1n) is 12.9. The summed E-state index contributed by atoms with van der Waals surface area (Å²) in [6.45, 7) is 10.7. The van der Waals surface area contributed by atoms with E-state index in [1.54, 1.807) is 0 Å². The molecule has 2 atom stereocenters. The van der Waals surface area contributed by atoms with Gasteiger partial charge in [-0.1, -0.05) is 54.4 Å². The number of hydrogen-bond acceptors (Lipinski definition) is 6. The fourth-order valence-electron chi connectivity index (χ4n) is 4.74. The Labute approximate surface area is 230 Å². The van der Waals surface area contributed by atoms with Crippen molar-refractivity contribution in [3.63, 3.8) is 0 Å². The molecule has 1 saturated heterocycles. The molecule has 3 N–H and O–H groups in total. The Morgan fingerprint density at radius 1 is 1.30 bits per heavy atom. The van der Waals surface area contributed by atoms with Crippen LogP contribution in [0.1, 0.15) is 43.4 Å². The zero-order valence-corrected chi connectivity index (χ0v) is 23.3. The number of hydrogen-bond donors (Lipinski definition) is 2. The van der Waals surface area contributed by atoms with Crippen LogP contribution in [0.5, 0.6) is 0 Å².